The summed E-state index contributed by atoms with van der Waals surface area (Å²) in [5.41, 5.74) is 4.47. The number of aliphatic imine (C=N–C) groups is 1. The molecule has 0 bridgehead atoms. The minimum atomic E-state index is -0.190. The number of hydrogen-bond acceptors (Lipinski definition) is 3. The monoisotopic (exact) mass is 475 g/mol. The van der Waals surface area contributed by atoms with E-state index in [0.29, 0.717) is 30.8 Å². The molecule has 2 aromatic carbocycles. The summed E-state index contributed by atoms with van der Waals surface area (Å²) < 4.78 is 2.07. The van der Waals surface area contributed by atoms with E-state index in [1.54, 1.807) is 18.2 Å². The van der Waals surface area contributed by atoms with Gasteiger partial charge in [0.25, 0.3) is 5.91 Å². The third kappa shape index (κ3) is 4.16. The van der Waals surface area contributed by atoms with Crippen molar-refractivity contribution in [2.45, 2.75) is 13.8 Å². The van der Waals surface area contributed by atoms with Crippen LogP contribution in [0.3, 0.4) is 0 Å². The summed E-state index contributed by atoms with van der Waals surface area (Å²) in [4.78, 5) is 17.5. The quantitative estimate of drug-likeness (QED) is 0.416. The van der Waals surface area contributed by atoms with Crippen molar-refractivity contribution in [3.8, 4) is 5.69 Å². The van der Waals surface area contributed by atoms with Crippen LogP contribution in [0.4, 0.5) is 5.69 Å². The Kier molecular flexibility index (Phi) is 5.98. The zero-order valence-corrected chi connectivity index (χ0v) is 19.1. The second-order valence-corrected chi connectivity index (χ2v) is 8.95. The van der Waals surface area contributed by atoms with E-state index in [4.69, 9.17) is 34.8 Å². The Hall–Kier alpha value is -2.18. The van der Waals surface area contributed by atoms with Crippen molar-refractivity contribution in [2.24, 2.45) is 4.99 Å². The highest BCUT2D eigenvalue weighted by Gasteiger charge is 2.25. The minimum Gasteiger partial charge on any atom is -0.318 e. The number of aryl methyl sites for hydroxylation is 1. The maximum Gasteiger partial charge on any atom is 0.264 e. The van der Waals surface area contributed by atoms with Crippen LogP contribution in [0.15, 0.2) is 58.4 Å². The number of nitrogens with zero attached hydrogens (tertiary/aromatic N) is 2. The first-order chi connectivity index (χ1) is 14.3. The average molecular weight is 477 g/mol. The molecule has 2 heterocycles. The summed E-state index contributed by atoms with van der Waals surface area (Å²) in [6.07, 6.45) is 1.87. The van der Waals surface area contributed by atoms with Crippen LogP contribution in [-0.2, 0) is 4.79 Å². The molecule has 0 saturated carbocycles. The normalized spacial score (nSPS) is 16.5. The van der Waals surface area contributed by atoms with Crippen molar-refractivity contribution in [3.05, 3.63) is 85.5 Å². The third-order valence-electron chi connectivity index (χ3n) is 4.64. The molecule has 1 saturated heterocycles. The third-order valence-corrected chi connectivity index (χ3v) is 6.61. The van der Waals surface area contributed by atoms with Gasteiger partial charge in [0.05, 0.1) is 25.7 Å². The van der Waals surface area contributed by atoms with Crippen molar-refractivity contribution in [1.29, 1.82) is 0 Å². The second-order valence-electron chi connectivity index (χ2n) is 6.69. The Morgan fingerprint density at radius 2 is 1.77 bits per heavy atom. The van der Waals surface area contributed by atoms with E-state index in [1.165, 1.54) is 11.8 Å². The van der Waals surface area contributed by atoms with Crippen LogP contribution in [-0.4, -0.2) is 15.6 Å². The molecule has 1 aromatic heterocycles. The van der Waals surface area contributed by atoms with Gasteiger partial charge in [-0.3, -0.25) is 4.79 Å². The maximum atomic E-state index is 12.5. The van der Waals surface area contributed by atoms with Gasteiger partial charge in [-0.15, -0.1) is 0 Å². The largest absolute Gasteiger partial charge is 0.318 e. The molecule has 0 radical (unpaired) electrons. The number of amidine groups is 1. The highest BCUT2D eigenvalue weighted by atomic mass is 35.5. The van der Waals surface area contributed by atoms with Crippen LogP contribution in [0.25, 0.3) is 11.8 Å². The second kappa shape index (κ2) is 8.52. The molecule has 0 unspecified atom stereocenters. The zero-order valence-electron chi connectivity index (χ0n) is 16.0. The standard InChI is InChI=1S/C22H16Cl3N3OS/c1-12-9-14(13(2)28(12)15-7-8-16(23)18(25)11-15)10-20-21(29)27-22(30-20)26-19-6-4-3-5-17(19)24/h3-11H,1-2H3,(H,26,27,29)/b20-10+. The first-order valence-electron chi connectivity index (χ1n) is 9.02. The number of amides is 1. The fourth-order valence-electron chi connectivity index (χ4n) is 3.23. The Bertz CT molecular complexity index is 1230. The van der Waals surface area contributed by atoms with Gasteiger partial charge in [-0.25, -0.2) is 4.99 Å². The van der Waals surface area contributed by atoms with Crippen molar-refractivity contribution in [1.82, 2.24) is 9.88 Å². The molecule has 1 aliphatic rings. The fourth-order valence-corrected chi connectivity index (χ4v) is 4.52. The molecular formula is C22H16Cl3N3OS. The highest BCUT2D eigenvalue weighted by Crippen LogP contribution is 2.33. The van der Waals surface area contributed by atoms with Gasteiger partial charge in [0, 0.05) is 17.1 Å². The molecule has 3 aromatic rings. The fraction of sp³-hybridized carbons (Fsp3) is 0.0909. The van der Waals surface area contributed by atoms with Crippen molar-refractivity contribution >= 4 is 69.4 Å². The molecule has 4 rings (SSSR count). The summed E-state index contributed by atoms with van der Waals surface area (Å²) in [5.74, 6) is -0.190. The summed E-state index contributed by atoms with van der Waals surface area (Å²) in [5, 5.41) is 4.82. The number of carbonyl (C=O) groups is 1. The predicted octanol–water partition coefficient (Wildman–Crippen LogP) is 6.95. The number of nitrogens with one attached hydrogen (secondary N) is 1. The van der Waals surface area contributed by atoms with Gasteiger partial charge in [-0.1, -0.05) is 46.9 Å². The molecule has 1 N–H and O–H groups in total. The Morgan fingerprint density at radius 1 is 1.00 bits per heavy atom. The van der Waals surface area contributed by atoms with Gasteiger partial charge in [0.1, 0.15) is 0 Å². The molecule has 1 amide bonds. The Balaban J connectivity index is 1.66. The molecule has 4 nitrogen and oxygen atoms in total. The molecule has 1 aliphatic heterocycles. The summed E-state index contributed by atoms with van der Waals surface area (Å²) in [6, 6.07) is 14.8. The average Bonchev–Trinajstić information content (AvgIpc) is 3.18. The van der Waals surface area contributed by atoms with E-state index in [0.717, 1.165) is 22.6 Å². The van der Waals surface area contributed by atoms with Crippen LogP contribution in [0.1, 0.15) is 17.0 Å². The topological polar surface area (TPSA) is 46.4 Å². The smallest absolute Gasteiger partial charge is 0.264 e. The lowest BCUT2D eigenvalue weighted by Crippen LogP contribution is -2.19. The number of benzene rings is 2. The van der Waals surface area contributed by atoms with Gasteiger partial charge in [-0.2, -0.15) is 0 Å². The van der Waals surface area contributed by atoms with Crippen LogP contribution in [0.2, 0.25) is 15.1 Å². The first kappa shape index (κ1) is 21.1. The van der Waals surface area contributed by atoms with Gasteiger partial charge < -0.3 is 9.88 Å². The summed E-state index contributed by atoms with van der Waals surface area (Å²) in [7, 11) is 0. The number of para-hydroxylation sites is 1. The van der Waals surface area contributed by atoms with E-state index in [2.05, 4.69) is 14.9 Å². The van der Waals surface area contributed by atoms with Gasteiger partial charge in [0.2, 0.25) is 0 Å². The van der Waals surface area contributed by atoms with Gasteiger partial charge in [-0.05, 0) is 73.6 Å². The van der Waals surface area contributed by atoms with Gasteiger partial charge >= 0.3 is 0 Å². The van der Waals surface area contributed by atoms with E-state index in [9.17, 15) is 4.79 Å². The van der Waals surface area contributed by atoms with Crippen LogP contribution >= 0.6 is 46.6 Å². The first-order valence-corrected chi connectivity index (χ1v) is 11.0. The SMILES string of the molecule is Cc1cc(/C=C2/SC(=Nc3ccccc3Cl)NC2=O)c(C)n1-c1ccc(Cl)c(Cl)c1. The van der Waals surface area contributed by atoms with E-state index in [1.807, 2.05) is 50.3 Å². The number of hydrogen-bond donors (Lipinski definition) is 1. The van der Waals surface area contributed by atoms with Crippen LogP contribution in [0, 0.1) is 13.8 Å². The predicted molar refractivity (Wildman–Crippen MR) is 128 cm³/mol. The van der Waals surface area contributed by atoms with Crippen LogP contribution in [0.5, 0.6) is 0 Å². The van der Waals surface area contributed by atoms with E-state index in [-0.39, 0.29) is 5.91 Å². The Morgan fingerprint density at radius 3 is 2.50 bits per heavy atom. The number of halogens is 3. The maximum absolute atomic E-state index is 12.5. The van der Waals surface area contributed by atoms with E-state index < -0.39 is 0 Å². The summed E-state index contributed by atoms with van der Waals surface area (Å²) in [6.45, 7) is 4.00. The summed E-state index contributed by atoms with van der Waals surface area (Å²) >= 11 is 19.7. The Labute approximate surface area is 193 Å². The lowest BCUT2D eigenvalue weighted by atomic mass is 10.2. The highest BCUT2D eigenvalue weighted by molar-refractivity contribution is 8.18. The molecule has 0 atom stereocenters. The van der Waals surface area contributed by atoms with Crippen LogP contribution < -0.4 is 5.32 Å². The van der Waals surface area contributed by atoms with E-state index >= 15 is 0 Å². The van der Waals surface area contributed by atoms with Gasteiger partial charge in [0.15, 0.2) is 5.17 Å². The number of carbonyl (C=O) groups excluding carboxylic acids is 1. The lowest BCUT2D eigenvalue weighted by molar-refractivity contribution is -0.115. The lowest BCUT2D eigenvalue weighted by Gasteiger charge is -2.10. The molecule has 30 heavy (non-hydrogen) atoms. The number of thioether (sulfide) groups is 1. The van der Waals surface area contributed by atoms with Crippen molar-refractivity contribution < 1.29 is 4.79 Å². The molecule has 152 valence electrons. The van der Waals surface area contributed by atoms with Crippen molar-refractivity contribution in [3.63, 3.8) is 0 Å². The van der Waals surface area contributed by atoms with Crippen molar-refractivity contribution in [2.75, 3.05) is 0 Å². The molecule has 8 heteroatoms. The molecule has 0 aliphatic carbocycles. The zero-order chi connectivity index (χ0) is 21.4. The molecule has 1 fully saturated rings. The molecular weight excluding hydrogens is 461 g/mol. The molecule has 0 spiro atoms. The number of rotatable bonds is 3. The minimum absolute atomic E-state index is 0.190. The number of aromatic nitrogens is 1.